The number of rotatable bonds is 5. The number of carbonyl (C=O) groups excluding carboxylic acids is 2. The van der Waals surface area contributed by atoms with Crippen molar-refractivity contribution in [1.29, 1.82) is 0 Å². The number of hydrogen-bond donors (Lipinski definition) is 3. The molecule has 0 saturated heterocycles. The van der Waals surface area contributed by atoms with E-state index in [-0.39, 0.29) is 42.3 Å². The maximum Gasteiger partial charge on any atom is 0.262 e. The zero-order valence-electron chi connectivity index (χ0n) is 15.2. The zero-order valence-corrected chi connectivity index (χ0v) is 16.0. The minimum atomic E-state index is -0.163. The van der Waals surface area contributed by atoms with Crippen LogP contribution in [-0.2, 0) is 9.59 Å². The number of halogens is 1. The van der Waals surface area contributed by atoms with Crippen molar-refractivity contribution >= 4 is 29.9 Å². The number of fused-ring (bicyclic) bond motifs is 1. The van der Waals surface area contributed by atoms with Crippen molar-refractivity contribution in [2.24, 2.45) is 11.1 Å². The molecule has 1 aliphatic heterocycles. The second kappa shape index (κ2) is 8.73. The van der Waals surface area contributed by atoms with Gasteiger partial charge in [-0.1, -0.05) is 25.3 Å². The Morgan fingerprint density at radius 3 is 2.77 bits per heavy atom. The monoisotopic (exact) mass is 381 g/mol. The Morgan fingerprint density at radius 1 is 1.35 bits per heavy atom. The van der Waals surface area contributed by atoms with Crippen LogP contribution in [0.1, 0.15) is 57.1 Å². The van der Waals surface area contributed by atoms with Gasteiger partial charge >= 0.3 is 0 Å². The molecule has 1 unspecified atom stereocenters. The Labute approximate surface area is 160 Å². The maximum atomic E-state index is 12.5. The molecule has 1 aromatic carbocycles. The normalized spacial score (nSPS) is 19.2. The molecule has 2 amide bonds. The second-order valence-corrected chi connectivity index (χ2v) is 7.32. The van der Waals surface area contributed by atoms with Gasteiger partial charge in [-0.2, -0.15) is 0 Å². The molecule has 0 aromatic heterocycles. The Hall–Kier alpha value is -1.79. The van der Waals surface area contributed by atoms with Crippen LogP contribution in [0.3, 0.4) is 0 Å². The Bertz CT molecular complexity index is 659. The largest absolute Gasteiger partial charge is 0.482 e. The fourth-order valence-electron chi connectivity index (χ4n) is 3.84. The molecule has 0 spiro atoms. The molecule has 6 nitrogen and oxygen atoms in total. The minimum Gasteiger partial charge on any atom is -0.482 e. The van der Waals surface area contributed by atoms with Crippen LogP contribution in [-0.4, -0.2) is 25.0 Å². The first-order valence-corrected chi connectivity index (χ1v) is 9.07. The molecule has 1 heterocycles. The predicted octanol–water partition coefficient (Wildman–Crippen LogP) is 2.92. The molecule has 0 bridgehead atoms. The number of carbonyl (C=O) groups is 2. The van der Waals surface area contributed by atoms with E-state index in [1.54, 1.807) is 0 Å². The number of ether oxygens (including phenoxy) is 1. The van der Waals surface area contributed by atoms with E-state index in [4.69, 9.17) is 10.5 Å². The van der Waals surface area contributed by atoms with Crippen molar-refractivity contribution in [3.8, 4) is 5.75 Å². The molecule has 1 fully saturated rings. The summed E-state index contributed by atoms with van der Waals surface area (Å²) >= 11 is 0. The van der Waals surface area contributed by atoms with Crippen LogP contribution in [0, 0.1) is 5.41 Å². The maximum absolute atomic E-state index is 12.5. The Kier molecular flexibility index (Phi) is 6.89. The van der Waals surface area contributed by atoms with Crippen LogP contribution >= 0.6 is 12.4 Å². The summed E-state index contributed by atoms with van der Waals surface area (Å²) in [6, 6.07) is 5.46. The predicted molar refractivity (Wildman–Crippen MR) is 104 cm³/mol. The molecular weight excluding hydrogens is 354 g/mol. The average molecular weight is 382 g/mol. The van der Waals surface area contributed by atoms with Crippen molar-refractivity contribution < 1.29 is 14.3 Å². The summed E-state index contributed by atoms with van der Waals surface area (Å²) in [4.78, 5) is 24.0. The first-order valence-electron chi connectivity index (χ1n) is 9.07. The Balaban J connectivity index is 0.00000243. The fourth-order valence-corrected chi connectivity index (χ4v) is 3.84. The van der Waals surface area contributed by atoms with Gasteiger partial charge in [-0.3, -0.25) is 9.59 Å². The summed E-state index contributed by atoms with van der Waals surface area (Å²) in [7, 11) is 0. The third-order valence-corrected chi connectivity index (χ3v) is 5.40. The van der Waals surface area contributed by atoms with E-state index in [0.717, 1.165) is 31.2 Å². The molecule has 4 N–H and O–H groups in total. The molecule has 1 aliphatic carbocycles. The summed E-state index contributed by atoms with van der Waals surface area (Å²) in [5.41, 5.74) is 7.53. The van der Waals surface area contributed by atoms with Gasteiger partial charge in [0.15, 0.2) is 6.61 Å². The molecule has 1 atom stereocenters. The van der Waals surface area contributed by atoms with E-state index in [0.29, 0.717) is 24.4 Å². The van der Waals surface area contributed by atoms with Crippen LogP contribution < -0.4 is 21.1 Å². The average Bonchev–Trinajstić information content (AvgIpc) is 2.61. The van der Waals surface area contributed by atoms with Gasteiger partial charge in [0, 0.05) is 6.42 Å². The van der Waals surface area contributed by atoms with Crippen molar-refractivity contribution in [3.63, 3.8) is 0 Å². The van der Waals surface area contributed by atoms with Gasteiger partial charge in [0.05, 0.1) is 11.7 Å². The lowest BCUT2D eigenvalue weighted by atomic mass is 9.71. The van der Waals surface area contributed by atoms with Gasteiger partial charge < -0.3 is 21.1 Å². The van der Waals surface area contributed by atoms with E-state index in [2.05, 4.69) is 10.6 Å². The molecule has 1 saturated carbocycles. The van der Waals surface area contributed by atoms with Crippen molar-refractivity contribution in [2.75, 3.05) is 18.5 Å². The SMILES string of the molecule is CC(NC(=O)CC1(CN)CCCCC1)c1ccc2c(c1)NC(=O)CO2.Cl. The van der Waals surface area contributed by atoms with Gasteiger partial charge in [-0.05, 0) is 49.4 Å². The molecular formula is C19H28ClN3O3. The summed E-state index contributed by atoms with van der Waals surface area (Å²) in [6.45, 7) is 2.55. The van der Waals surface area contributed by atoms with E-state index in [1.165, 1.54) is 6.42 Å². The topological polar surface area (TPSA) is 93.5 Å². The van der Waals surface area contributed by atoms with E-state index in [1.807, 2.05) is 25.1 Å². The lowest BCUT2D eigenvalue weighted by Crippen LogP contribution is -2.39. The van der Waals surface area contributed by atoms with E-state index in [9.17, 15) is 9.59 Å². The van der Waals surface area contributed by atoms with Crippen LogP contribution in [0.25, 0.3) is 0 Å². The number of hydrogen-bond acceptors (Lipinski definition) is 4. The summed E-state index contributed by atoms with van der Waals surface area (Å²) in [5, 5.41) is 5.87. The number of benzene rings is 1. The first kappa shape index (κ1) is 20.5. The minimum absolute atomic E-state index is 0. The van der Waals surface area contributed by atoms with Crippen LogP contribution in [0.2, 0.25) is 0 Å². The van der Waals surface area contributed by atoms with E-state index >= 15 is 0 Å². The summed E-state index contributed by atoms with van der Waals surface area (Å²) < 4.78 is 5.37. The quantitative estimate of drug-likeness (QED) is 0.731. The smallest absolute Gasteiger partial charge is 0.262 e. The highest BCUT2D eigenvalue weighted by Crippen LogP contribution is 2.38. The summed E-state index contributed by atoms with van der Waals surface area (Å²) in [5.74, 6) is 0.535. The van der Waals surface area contributed by atoms with Gasteiger partial charge in [0.2, 0.25) is 5.91 Å². The highest BCUT2D eigenvalue weighted by molar-refractivity contribution is 5.95. The second-order valence-electron chi connectivity index (χ2n) is 7.32. The van der Waals surface area contributed by atoms with Crippen molar-refractivity contribution in [2.45, 2.75) is 51.5 Å². The molecule has 2 aliphatic rings. The lowest BCUT2D eigenvalue weighted by molar-refractivity contribution is -0.124. The first-order chi connectivity index (χ1) is 12.0. The number of amides is 2. The molecule has 0 radical (unpaired) electrons. The van der Waals surface area contributed by atoms with Crippen LogP contribution in [0.4, 0.5) is 5.69 Å². The molecule has 7 heteroatoms. The molecule has 1 aromatic rings. The van der Waals surface area contributed by atoms with Crippen LogP contribution in [0.15, 0.2) is 18.2 Å². The highest BCUT2D eigenvalue weighted by Gasteiger charge is 2.33. The van der Waals surface area contributed by atoms with Crippen molar-refractivity contribution in [3.05, 3.63) is 23.8 Å². The van der Waals surface area contributed by atoms with Crippen LogP contribution in [0.5, 0.6) is 5.75 Å². The van der Waals surface area contributed by atoms with Gasteiger partial charge in [-0.15, -0.1) is 12.4 Å². The van der Waals surface area contributed by atoms with Gasteiger partial charge in [-0.25, -0.2) is 0 Å². The van der Waals surface area contributed by atoms with Crippen molar-refractivity contribution in [1.82, 2.24) is 5.32 Å². The molecule has 144 valence electrons. The standard InChI is InChI=1S/C19H27N3O3.ClH/c1-13(14-5-6-16-15(9-14)22-18(24)11-25-16)21-17(23)10-19(12-20)7-3-2-4-8-19;/h5-6,9,13H,2-4,7-8,10-12,20H2,1H3,(H,21,23)(H,22,24);1H. The van der Waals surface area contributed by atoms with Gasteiger partial charge in [0.25, 0.3) is 5.91 Å². The van der Waals surface area contributed by atoms with E-state index < -0.39 is 0 Å². The third kappa shape index (κ3) is 4.68. The molecule has 3 rings (SSSR count). The third-order valence-electron chi connectivity index (χ3n) is 5.40. The lowest BCUT2D eigenvalue weighted by Gasteiger charge is -2.36. The van der Waals surface area contributed by atoms with Gasteiger partial charge in [0.1, 0.15) is 5.75 Å². The number of anilines is 1. The zero-order chi connectivity index (χ0) is 17.9. The number of nitrogens with one attached hydrogen (secondary N) is 2. The molecule has 26 heavy (non-hydrogen) atoms. The Morgan fingerprint density at radius 2 is 2.08 bits per heavy atom. The number of nitrogens with two attached hydrogens (primary N) is 1. The fraction of sp³-hybridized carbons (Fsp3) is 0.579. The summed E-state index contributed by atoms with van der Waals surface area (Å²) in [6.07, 6.45) is 6.11. The highest BCUT2D eigenvalue weighted by atomic mass is 35.5.